The van der Waals surface area contributed by atoms with Crippen molar-refractivity contribution >= 4 is 18.6 Å². The summed E-state index contributed by atoms with van der Waals surface area (Å²) >= 11 is 5.15. The summed E-state index contributed by atoms with van der Waals surface area (Å²) < 4.78 is 100. The fourth-order valence-electron chi connectivity index (χ4n) is 8.32. The molecule has 17 heteroatoms. The molecule has 2 aliphatic rings. The van der Waals surface area contributed by atoms with Gasteiger partial charge in [0.1, 0.15) is 60.4 Å². The number of hydrogen-bond donors (Lipinski definition) is 1. The summed E-state index contributed by atoms with van der Waals surface area (Å²) in [5, 5.41) is 0. The monoisotopic (exact) mass is 1080 g/mol. The summed E-state index contributed by atoms with van der Waals surface area (Å²) in [6.07, 6.45) is 6.15. The van der Waals surface area contributed by atoms with Gasteiger partial charge in [-0.05, 0) is 64.7 Å². The molecular formula is C57H110O16S. The maximum Gasteiger partial charge on any atom is 0.303 e. The molecule has 2 saturated heterocycles. The summed E-state index contributed by atoms with van der Waals surface area (Å²) in [7, 11) is 0. The molecule has 2 rings (SSSR count). The van der Waals surface area contributed by atoms with E-state index in [0.29, 0.717) is 66.1 Å². The molecule has 2 aliphatic heterocycles. The summed E-state index contributed by atoms with van der Waals surface area (Å²) in [5.41, 5.74) is -0.836. The molecule has 0 aromatic rings. The molecule has 16 nitrogen and oxygen atoms in total. The lowest BCUT2D eigenvalue weighted by Gasteiger charge is -2.50. The van der Waals surface area contributed by atoms with Crippen molar-refractivity contribution in [3.63, 3.8) is 0 Å². The normalized spacial score (nSPS) is 26.0. The molecule has 0 saturated carbocycles. The van der Waals surface area contributed by atoms with E-state index in [1.54, 1.807) is 0 Å². The molecule has 440 valence electrons. The Balaban J connectivity index is 2.91. The van der Waals surface area contributed by atoms with Gasteiger partial charge in [0.2, 0.25) is 0 Å². The van der Waals surface area contributed by atoms with Crippen molar-refractivity contribution in [1.82, 2.24) is 0 Å². The fraction of sp³-hybridized carbons (Fsp3) is 0.982. The molecule has 0 aliphatic carbocycles. The number of esters is 1. The standard InChI is InChI=1S/C57H110O16S/c1-12-21-30-59-39-45(43(10)63-34-25-16-5)72-57(74)48(42-62-33-24-15-4)71-55-54(52(67-38-29-20-9)50(65-36-27-18-7)46(69-55)40-60-31-22-13-2)73-56-53(68-44(11)58)51(66-37-28-19-8)49(64-35-26-17-6)47(70-56)41-61-32-23-14-3/h43,45-57,74H,12-42H2,1-11H3/t43-,45?,46?,47?,48+,49+,50+,51?,52?,53?,54+,55+,56+,57+/m0/s1. The Hall–Kier alpha value is -0.740. The molecule has 0 radical (unpaired) electrons. The van der Waals surface area contributed by atoms with Crippen molar-refractivity contribution in [2.24, 2.45) is 0 Å². The zero-order valence-electron chi connectivity index (χ0n) is 48.5. The highest BCUT2D eigenvalue weighted by Gasteiger charge is 2.56. The van der Waals surface area contributed by atoms with E-state index in [9.17, 15) is 4.79 Å². The molecule has 0 aromatic heterocycles. The SMILES string of the molecule is CCCCOCC1O[C@H](O[C@@H]2C(OCCCC)[C@H](OCCCC)C(COCCCC)O[C@@H]2O[C@H](COCCCC)[C@@H](S)OC(COCCCC)[C@H](C)OCCCC)C(OC(C)=O)C(OCCCC)[C@@H]1OCCCC. The Morgan fingerprint density at radius 1 is 0.459 bits per heavy atom. The quantitative estimate of drug-likeness (QED) is 0.0266. The van der Waals surface area contributed by atoms with Gasteiger partial charge in [-0.2, -0.15) is 0 Å². The largest absolute Gasteiger partial charge is 0.454 e. The number of rotatable bonds is 49. The first kappa shape index (κ1) is 69.4. The minimum atomic E-state index is -1.21. The zero-order valence-corrected chi connectivity index (χ0v) is 49.4. The smallest absolute Gasteiger partial charge is 0.303 e. The second kappa shape index (κ2) is 45.0. The Kier molecular flexibility index (Phi) is 42.2. The zero-order chi connectivity index (χ0) is 54.2. The van der Waals surface area contributed by atoms with Crippen LogP contribution in [-0.4, -0.2) is 177 Å². The van der Waals surface area contributed by atoms with Crippen molar-refractivity contribution in [1.29, 1.82) is 0 Å². The first-order valence-electron chi connectivity index (χ1n) is 29.6. The molecular weight excluding hydrogens is 973 g/mol. The Labute approximate surface area is 455 Å². The number of unbranched alkanes of at least 4 members (excludes halogenated alkanes) is 9. The Morgan fingerprint density at radius 3 is 1.28 bits per heavy atom. The second-order valence-electron chi connectivity index (χ2n) is 19.9. The van der Waals surface area contributed by atoms with Gasteiger partial charge in [0.05, 0.1) is 32.5 Å². The van der Waals surface area contributed by atoms with E-state index in [0.717, 1.165) is 116 Å². The van der Waals surface area contributed by atoms with E-state index < -0.39 is 85.0 Å². The van der Waals surface area contributed by atoms with Crippen LogP contribution < -0.4 is 0 Å². The summed E-state index contributed by atoms with van der Waals surface area (Å²) in [6.45, 7) is 27.9. The van der Waals surface area contributed by atoms with E-state index >= 15 is 0 Å². The molecule has 0 amide bonds. The summed E-state index contributed by atoms with van der Waals surface area (Å²) in [6, 6.07) is 0. The summed E-state index contributed by atoms with van der Waals surface area (Å²) in [5.74, 6) is -0.518. The van der Waals surface area contributed by atoms with Gasteiger partial charge in [-0.1, -0.05) is 120 Å². The molecule has 0 bridgehead atoms. The van der Waals surface area contributed by atoms with Gasteiger partial charge in [-0.3, -0.25) is 4.79 Å². The van der Waals surface area contributed by atoms with Crippen molar-refractivity contribution in [3.05, 3.63) is 0 Å². The first-order chi connectivity index (χ1) is 36.1. The molecule has 2 heterocycles. The van der Waals surface area contributed by atoms with Gasteiger partial charge in [0, 0.05) is 66.4 Å². The van der Waals surface area contributed by atoms with Crippen LogP contribution in [-0.2, 0) is 75.8 Å². The molecule has 14 atom stereocenters. The van der Waals surface area contributed by atoms with Crippen molar-refractivity contribution in [3.8, 4) is 0 Å². The molecule has 0 N–H and O–H groups in total. The first-order valence-corrected chi connectivity index (χ1v) is 30.1. The van der Waals surface area contributed by atoms with E-state index in [4.69, 9.17) is 83.7 Å². The number of thiol groups is 1. The van der Waals surface area contributed by atoms with Crippen LogP contribution in [0.25, 0.3) is 0 Å². The lowest BCUT2D eigenvalue weighted by Crippen LogP contribution is -2.67. The minimum Gasteiger partial charge on any atom is -0.454 e. The van der Waals surface area contributed by atoms with Crippen LogP contribution in [0, 0.1) is 0 Å². The predicted molar refractivity (Wildman–Crippen MR) is 292 cm³/mol. The predicted octanol–water partition coefficient (Wildman–Crippen LogP) is 11.0. The topological polar surface area (TPSA) is 156 Å². The van der Waals surface area contributed by atoms with Crippen LogP contribution in [0.2, 0.25) is 0 Å². The number of ether oxygens (including phenoxy) is 15. The van der Waals surface area contributed by atoms with Crippen LogP contribution in [0.1, 0.15) is 192 Å². The maximum atomic E-state index is 13.3. The number of carbonyl (C=O) groups is 1. The van der Waals surface area contributed by atoms with E-state index in [2.05, 4.69) is 62.3 Å². The Bertz CT molecular complexity index is 1290. The third kappa shape index (κ3) is 27.9. The third-order valence-corrected chi connectivity index (χ3v) is 13.5. The van der Waals surface area contributed by atoms with Crippen LogP contribution in [0.3, 0.4) is 0 Å². The van der Waals surface area contributed by atoms with Crippen LogP contribution in [0.4, 0.5) is 0 Å². The van der Waals surface area contributed by atoms with E-state index in [-0.39, 0.29) is 25.9 Å². The third-order valence-electron chi connectivity index (χ3n) is 13.0. The average Bonchev–Trinajstić information content (AvgIpc) is 3.38. The highest BCUT2D eigenvalue weighted by atomic mass is 32.1. The van der Waals surface area contributed by atoms with E-state index in [1.165, 1.54) is 6.92 Å². The van der Waals surface area contributed by atoms with Gasteiger partial charge in [0.15, 0.2) is 18.7 Å². The molecule has 2 fully saturated rings. The Morgan fingerprint density at radius 2 is 0.838 bits per heavy atom. The van der Waals surface area contributed by atoms with Crippen molar-refractivity contribution < 1.29 is 75.8 Å². The minimum absolute atomic E-state index is 0.127. The highest BCUT2D eigenvalue weighted by Crippen LogP contribution is 2.37. The summed E-state index contributed by atoms with van der Waals surface area (Å²) in [4.78, 5) is 13.3. The molecule has 0 spiro atoms. The van der Waals surface area contributed by atoms with Crippen LogP contribution in [0.15, 0.2) is 0 Å². The van der Waals surface area contributed by atoms with E-state index in [1.807, 2.05) is 6.92 Å². The average molecular weight is 1080 g/mol. The number of carbonyl (C=O) groups excluding carboxylic acids is 1. The second-order valence-corrected chi connectivity index (χ2v) is 20.4. The van der Waals surface area contributed by atoms with Gasteiger partial charge in [0.25, 0.3) is 0 Å². The van der Waals surface area contributed by atoms with Gasteiger partial charge in [-0.25, -0.2) is 0 Å². The lowest BCUT2D eigenvalue weighted by molar-refractivity contribution is -0.383. The molecule has 6 unspecified atom stereocenters. The van der Waals surface area contributed by atoms with Gasteiger partial charge < -0.3 is 71.1 Å². The van der Waals surface area contributed by atoms with Crippen molar-refractivity contribution in [2.45, 2.75) is 277 Å². The maximum absolute atomic E-state index is 13.3. The van der Waals surface area contributed by atoms with Crippen molar-refractivity contribution in [2.75, 3.05) is 85.9 Å². The molecule has 0 aromatic carbocycles. The number of hydrogen-bond acceptors (Lipinski definition) is 17. The van der Waals surface area contributed by atoms with Gasteiger partial charge >= 0.3 is 5.97 Å². The van der Waals surface area contributed by atoms with Crippen LogP contribution >= 0.6 is 12.6 Å². The van der Waals surface area contributed by atoms with Gasteiger partial charge in [-0.15, -0.1) is 12.6 Å². The lowest BCUT2D eigenvalue weighted by atomic mass is 9.96. The van der Waals surface area contributed by atoms with Crippen LogP contribution in [0.5, 0.6) is 0 Å². The highest BCUT2D eigenvalue weighted by molar-refractivity contribution is 7.80. The molecule has 74 heavy (non-hydrogen) atoms. The fourth-order valence-corrected chi connectivity index (χ4v) is 8.63.